The average Bonchev–Trinajstić information content (AvgIpc) is 3.50. The summed E-state index contributed by atoms with van der Waals surface area (Å²) >= 11 is 0. The van der Waals surface area contributed by atoms with E-state index in [9.17, 15) is 14.3 Å². The van der Waals surface area contributed by atoms with Crippen LogP contribution in [0.2, 0.25) is 0 Å². The second kappa shape index (κ2) is 9.64. The Labute approximate surface area is 211 Å². The maximum atomic E-state index is 13.6. The Balaban J connectivity index is 1.36. The molecule has 5 heterocycles. The number of rotatable bonds is 8. The number of fused-ring (bicyclic) bond motifs is 1. The van der Waals surface area contributed by atoms with Gasteiger partial charge in [-0.15, -0.1) is 0 Å². The van der Waals surface area contributed by atoms with Crippen LogP contribution in [-0.4, -0.2) is 71.2 Å². The molecule has 0 unspecified atom stereocenters. The van der Waals surface area contributed by atoms with E-state index >= 15 is 0 Å². The van der Waals surface area contributed by atoms with E-state index in [-0.39, 0.29) is 30.7 Å². The van der Waals surface area contributed by atoms with Crippen molar-refractivity contribution >= 4 is 11.4 Å². The summed E-state index contributed by atoms with van der Waals surface area (Å²) in [5.41, 5.74) is 4.85. The Kier molecular flexibility index (Phi) is 6.03. The number of ketones is 1. The van der Waals surface area contributed by atoms with Crippen LogP contribution in [0.3, 0.4) is 0 Å². The molecule has 6 rings (SSSR count). The molecule has 37 heavy (non-hydrogen) atoms. The topological polar surface area (TPSA) is 101 Å². The lowest BCUT2D eigenvalue weighted by Gasteiger charge is -2.40. The zero-order valence-corrected chi connectivity index (χ0v) is 19.9. The molecule has 4 aromatic heterocycles. The van der Waals surface area contributed by atoms with Gasteiger partial charge in [0.15, 0.2) is 11.4 Å². The highest BCUT2D eigenvalue weighted by Gasteiger charge is 2.31. The summed E-state index contributed by atoms with van der Waals surface area (Å²) in [6, 6.07) is 13.6. The molecule has 1 saturated heterocycles. The third kappa shape index (κ3) is 4.52. The fourth-order valence-electron chi connectivity index (χ4n) is 4.70. The van der Waals surface area contributed by atoms with Crippen LogP contribution in [0, 0.1) is 5.82 Å². The molecule has 1 fully saturated rings. The SMILES string of the molecule is O=C(Cc1cn2nc(-c3c(-c4ccc(F)cc4)ncn3C3CN(CCO)C3)ccc2n1)c1ccncc1. The van der Waals surface area contributed by atoms with Crippen LogP contribution in [0.15, 0.2) is 73.4 Å². The number of carbonyl (C=O) groups excluding carboxylic acids is 1. The molecule has 10 heteroatoms. The number of hydrogen-bond acceptors (Lipinski definition) is 7. The van der Waals surface area contributed by atoms with Crippen LogP contribution in [0.4, 0.5) is 4.39 Å². The summed E-state index contributed by atoms with van der Waals surface area (Å²) < 4.78 is 17.4. The summed E-state index contributed by atoms with van der Waals surface area (Å²) in [7, 11) is 0. The molecule has 0 saturated carbocycles. The van der Waals surface area contributed by atoms with E-state index in [1.807, 2.05) is 12.1 Å². The number of nitrogens with zero attached hydrogens (tertiary/aromatic N) is 7. The van der Waals surface area contributed by atoms with E-state index in [1.54, 1.807) is 53.7 Å². The summed E-state index contributed by atoms with van der Waals surface area (Å²) in [4.78, 5) is 28.0. The molecule has 0 bridgehead atoms. The Morgan fingerprint density at radius 2 is 1.84 bits per heavy atom. The number of pyridine rings is 1. The summed E-state index contributed by atoms with van der Waals surface area (Å²) in [5.74, 6) is -0.352. The van der Waals surface area contributed by atoms with Gasteiger partial charge in [0.2, 0.25) is 0 Å². The fourth-order valence-corrected chi connectivity index (χ4v) is 4.70. The molecule has 1 aromatic carbocycles. The van der Waals surface area contributed by atoms with E-state index in [4.69, 9.17) is 5.10 Å². The van der Waals surface area contributed by atoms with Gasteiger partial charge < -0.3 is 9.67 Å². The second-order valence-electron chi connectivity index (χ2n) is 9.08. The van der Waals surface area contributed by atoms with Crippen molar-refractivity contribution in [2.45, 2.75) is 12.5 Å². The van der Waals surface area contributed by atoms with Gasteiger partial charge in [0.25, 0.3) is 0 Å². The molecular weight excluding hydrogens is 473 g/mol. The predicted molar refractivity (Wildman–Crippen MR) is 134 cm³/mol. The molecule has 1 aliphatic rings. The summed E-state index contributed by atoms with van der Waals surface area (Å²) in [6.45, 7) is 2.34. The maximum absolute atomic E-state index is 13.6. The molecule has 0 radical (unpaired) electrons. The van der Waals surface area contributed by atoms with Gasteiger partial charge in [-0.05, 0) is 48.5 Å². The van der Waals surface area contributed by atoms with E-state index in [2.05, 4.69) is 24.4 Å². The van der Waals surface area contributed by atoms with Crippen LogP contribution in [0.1, 0.15) is 22.1 Å². The van der Waals surface area contributed by atoms with E-state index in [1.165, 1.54) is 12.1 Å². The number of aliphatic hydroxyl groups excluding tert-OH is 1. The Morgan fingerprint density at radius 3 is 2.59 bits per heavy atom. The highest BCUT2D eigenvalue weighted by atomic mass is 19.1. The molecule has 0 atom stereocenters. The van der Waals surface area contributed by atoms with Crippen molar-refractivity contribution in [1.29, 1.82) is 0 Å². The summed E-state index contributed by atoms with van der Waals surface area (Å²) in [5, 5.41) is 14.1. The average molecular weight is 498 g/mol. The highest BCUT2D eigenvalue weighted by molar-refractivity contribution is 5.97. The monoisotopic (exact) mass is 497 g/mol. The first-order valence-corrected chi connectivity index (χ1v) is 12.0. The number of Topliss-reactive ketones (excluding diaryl/α,β-unsaturated/α-hetero) is 1. The minimum Gasteiger partial charge on any atom is -0.395 e. The van der Waals surface area contributed by atoms with E-state index < -0.39 is 0 Å². The third-order valence-corrected chi connectivity index (χ3v) is 6.62. The van der Waals surface area contributed by atoms with E-state index in [0.717, 1.165) is 24.3 Å². The van der Waals surface area contributed by atoms with Gasteiger partial charge in [0.1, 0.15) is 11.5 Å². The first-order chi connectivity index (χ1) is 18.1. The molecule has 5 aromatic rings. The van der Waals surface area contributed by atoms with Crippen molar-refractivity contribution in [3.05, 3.63) is 90.5 Å². The van der Waals surface area contributed by atoms with Crippen molar-refractivity contribution in [2.24, 2.45) is 0 Å². The lowest BCUT2D eigenvalue weighted by Crippen LogP contribution is -2.48. The molecular formula is C27H24FN7O2. The number of likely N-dealkylation sites (tertiary alicyclic amines) is 1. The third-order valence-electron chi connectivity index (χ3n) is 6.62. The molecule has 186 valence electrons. The fraction of sp³-hybridized carbons (Fsp3) is 0.222. The second-order valence-corrected chi connectivity index (χ2v) is 9.08. The number of benzene rings is 1. The molecule has 0 amide bonds. The minimum absolute atomic E-state index is 0.0416. The largest absolute Gasteiger partial charge is 0.395 e. The first kappa shape index (κ1) is 23.1. The molecule has 1 N–H and O–H groups in total. The van der Waals surface area contributed by atoms with Gasteiger partial charge in [0.05, 0.1) is 48.7 Å². The number of carbonyl (C=O) groups is 1. The Hall–Kier alpha value is -4.28. The molecule has 0 spiro atoms. The van der Waals surface area contributed by atoms with E-state index in [0.29, 0.717) is 34.8 Å². The van der Waals surface area contributed by atoms with Gasteiger partial charge in [-0.3, -0.25) is 14.7 Å². The lowest BCUT2D eigenvalue weighted by atomic mass is 10.1. The molecule has 9 nitrogen and oxygen atoms in total. The smallest absolute Gasteiger partial charge is 0.168 e. The Morgan fingerprint density at radius 1 is 1.05 bits per heavy atom. The molecule has 0 aliphatic carbocycles. The van der Waals surface area contributed by atoms with Crippen LogP contribution in [-0.2, 0) is 6.42 Å². The minimum atomic E-state index is -0.310. The normalized spacial score (nSPS) is 14.2. The summed E-state index contributed by atoms with van der Waals surface area (Å²) in [6.07, 6.45) is 6.91. The Bertz CT molecular complexity index is 1560. The van der Waals surface area contributed by atoms with Crippen LogP contribution >= 0.6 is 0 Å². The van der Waals surface area contributed by atoms with Gasteiger partial charge >= 0.3 is 0 Å². The number of aromatic nitrogens is 6. The number of hydrogen-bond donors (Lipinski definition) is 1. The van der Waals surface area contributed by atoms with Crippen molar-refractivity contribution in [3.8, 4) is 22.6 Å². The van der Waals surface area contributed by atoms with Crippen LogP contribution < -0.4 is 0 Å². The lowest BCUT2D eigenvalue weighted by molar-refractivity contribution is 0.0846. The quantitative estimate of drug-likeness (QED) is 0.329. The molecule has 1 aliphatic heterocycles. The van der Waals surface area contributed by atoms with Gasteiger partial charge in [-0.1, -0.05) is 0 Å². The van der Waals surface area contributed by atoms with Crippen molar-refractivity contribution in [2.75, 3.05) is 26.2 Å². The zero-order chi connectivity index (χ0) is 25.4. The van der Waals surface area contributed by atoms with Crippen molar-refractivity contribution in [3.63, 3.8) is 0 Å². The number of aliphatic hydroxyl groups is 1. The van der Waals surface area contributed by atoms with Gasteiger partial charge in [0, 0.05) is 43.2 Å². The standard InChI is InChI=1S/C27H24FN7O2/c28-20-3-1-19(2-4-20)26-27(34(17-30-26)22-15-33(16-22)11-12-36)23-5-6-25-31-21(14-35(25)32-23)13-24(37)18-7-9-29-10-8-18/h1-10,14,17,22,36H,11-13,15-16H2. The number of halogens is 1. The number of β-amino-alcohol motifs (C(OH)–C–C–N with tert-alkyl or cyclic N) is 1. The predicted octanol–water partition coefficient (Wildman–Crippen LogP) is 3.07. The zero-order valence-electron chi connectivity index (χ0n) is 19.9. The first-order valence-electron chi connectivity index (χ1n) is 12.0. The van der Waals surface area contributed by atoms with Crippen molar-refractivity contribution < 1.29 is 14.3 Å². The van der Waals surface area contributed by atoms with Crippen LogP contribution in [0.5, 0.6) is 0 Å². The van der Waals surface area contributed by atoms with Gasteiger partial charge in [-0.2, -0.15) is 5.10 Å². The van der Waals surface area contributed by atoms with Crippen molar-refractivity contribution in [1.82, 2.24) is 34.0 Å². The van der Waals surface area contributed by atoms with Crippen LogP contribution in [0.25, 0.3) is 28.3 Å². The maximum Gasteiger partial charge on any atom is 0.168 e. The number of imidazole rings is 2. The van der Waals surface area contributed by atoms with Gasteiger partial charge in [-0.25, -0.2) is 18.9 Å². The highest BCUT2D eigenvalue weighted by Crippen LogP contribution is 2.35.